The zero-order valence-electron chi connectivity index (χ0n) is 15.1. The van der Waals surface area contributed by atoms with E-state index in [1.54, 1.807) is 12.1 Å². The summed E-state index contributed by atoms with van der Waals surface area (Å²) in [6.07, 6.45) is -1.19. The molecule has 0 radical (unpaired) electrons. The summed E-state index contributed by atoms with van der Waals surface area (Å²) in [4.78, 5) is 49.6. The molecule has 1 heterocycles. The second-order valence-corrected chi connectivity index (χ2v) is 6.14. The third-order valence-corrected chi connectivity index (χ3v) is 4.21. The van der Waals surface area contributed by atoms with Gasteiger partial charge in [-0.25, -0.2) is 0 Å². The minimum atomic E-state index is -2.98. The molecule has 3 rings (SSSR count). The van der Waals surface area contributed by atoms with Crippen LogP contribution < -0.4 is 9.64 Å². The molecule has 0 bridgehead atoms. The van der Waals surface area contributed by atoms with Gasteiger partial charge in [0.2, 0.25) is 5.78 Å². The molecule has 0 aliphatic carbocycles. The van der Waals surface area contributed by atoms with Crippen molar-refractivity contribution in [2.75, 3.05) is 11.4 Å². The zero-order valence-corrected chi connectivity index (χ0v) is 15.1. The second-order valence-electron chi connectivity index (χ2n) is 6.14. The second kappa shape index (κ2) is 8.17. The number of carbonyl (C=O) groups is 4. The molecule has 0 spiro atoms. The number of nitrogens with zero attached hydrogens (tertiary/aromatic N) is 1. The summed E-state index contributed by atoms with van der Waals surface area (Å²) < 4.78 is 33.6. The van der Waals surface area contributed by atoms with E-state index in [-0.39, 0.29) is 16.9 Å². The zero-order chi connectivity index (χ0) is 21.1. The number of amides is 1. The number of anilines is 1. The van der Waals surface area contributed by atoms with Crippen LogP contribution in [-0.4, -0.2) is 42.7 Å². The number of para-hydroxylation sites is 1. The lowest BCUT2D eigenvalue weighted by molar-refractivity contribution is -0.145. The lowest BCUT2D eigenvalue weighted by Crippen LogP contribution is -2.37. The van der Waals surface area contributed by atoms with Crippen molar-refractivity contribution in [3.63, 3.8) is 0 Å². The predicted octanol–water partition coefficient (Wildman–Crippen LogP) is 2.63. The maximum atomic E-state index is 12.4. The number of benzene rings is 2. The van der Waals surface area contributed by atoms with Gasteiger partial charge in [-0.15, -0.1) is 0 Å². The van der Waals surface area contributed by atoms with Gasteiger partial charge < -0.3 is 9.47 Å². The Hall–Kier alpha value is -3.62. The Morgan fingerprint density at radius 3 is 2.34 bits per heavy atom. The van der Waals surface area contributed by atoms with Crippen LogP contribution in [-0.2, 0) is 14.3 Å². The summed E-state index contributed by atoms with van der Waals surface area (Å²) in [7, 11) is 0. The van der Waals surface area contributed by atoms with E-state index in [0.717, 1.165) is 4.90 Å². The van der Waals surface area contributed by atoms with E-state index in [4.69, 9.17) is 4.74 Å². The van der Waals surface area contributed by atoms with Crippen LogP contribution in [0.5, 0.6) is 5.75 Å². The van der Waals surface area contributed by atoms with E-state index < -0.39 is 42.7 Å². The Balaban J connectivity index is 1.63. The number of Topliss-reactive ketones (excluding diaryl/α,β-unsaturated/α-hetero) is 2. The lowest BCUT2D eigenvalue weighted by Gasteiger charge is -2.18. The van der Waals surface area contributed by atoms with Gasteiger partial charge in [0.25, 0.3) is 11.7 Å². The fraction of sp³-hybridized carbons (Fsp3) is 0.200. The third kappa shape index (κ3) is 4.29. The molecule has 29 heavy (non-hydrogen) atoms. The number of esters is 1. The van der Waals surface area contributed by atoms with Crippen molar-refractivity contribution in [2.45, 2.75) is 19.6 Å². The molecule has 0 unspecified atom stereocenters. The molecule has 9 heteroatoms. The van der Waals surface area contributed by atoms with Crippen molar-refractivity contribution in [1.82, 2.24) is 0 Å². The van der Waals surface area contributed by atoms with Crippen molar-refractivity contribution < 1.29 is 37.4 Å². The van der Waals surface area contributed by atoms with Gasteiger partial charge in [0.15, 0.2) is 6.10 Å². The van der Waals surface area contributed by atoms with Crippen LogP contribution in [0.4, 0.5) is 14.5 Å². The average molecular weight is 403 g/mol. The normalized spacial score (nSPS) is 14.0. The smallest absolute Gasteiger partial charge is 0.387 e. The average Bonchev–Trinajstić information content (AvgIpc) is 2.92. The van der Waals surface area contributed by atoms with E-state index >= 15 is 0 Å². The van der Waals surface area contributed by atoms with Crippen molar-refractivity contribution in [1.29, 1.82) is 0 Å². The standard InChI is InChI=1S/C20H15F2NO6/c1-11(17(25)12-6-8-13(9-7-12)29-20(21)22)28-16(24)10-23-15-5-3-2-4-14(15)18(26)19(23)27/h2-9,11,20H,10H2,1H3/t11-/m1/s1. The Morgan fingerprint density at radius 2 is 1.69 bits per heavy atom. The van der Waals surface area contributed by atoms with Crippen LogP contribution in [0, 0.1) is 0 Å². The van der Waals surface area contributed by atoms with E-state index in [1.165, 1.54) is 43.3 Å². The molecule has 0 N–H and O–H groups in total. The third-order valence-electron chi connectivity index (χ3n) is 4.21. The van der Waals surface area contributed by atoms with E-state index in [2.05, 4.69) is 4.74 Å². The SMILES string of the molecule is C[C@@H](OC(=O)CN1C(=O)C(=O)c2ccccc21)C(=O)c1ccc(OC(F)F)cc1. The van der Waals surface area contributed by atoms with E-state index in [0.29, 0.717) is 5.69 Å². The number of rotatable bonds is 7. The molecule has 1 amide bonds. The molecule has 0 fully saturated rings. The summed E-state index contributed by atoms with van der Waals surface area (Å²) in [5.41, 5.74) is 0.623. The first kappa shape index (κ1) is 20.1. The lowest BCUT2D eigenvalue weighted by atomic mass is 10.1. The Bertz CT molecular complexity index is 973. The summed E-state index contributed by atoms with van der Waals surface area (Å²) >= 11 is 0. The fourth-order valence-corrected chi connectivity index (χ4v) is 2.86. The molecule has 0 aromatic heterocycles. The highest BCUT2D eigenvalue weighted by atomic mass is 19.3. The number of alkyl halides is 2. The van der Waals surface area contributed by atoms with Gasteiger partial charge in [-0.2, -0.15) is 8.78 Å². The maximum Gasteiger partial charge on any atom is 0.387 e. The molecule has 1 aliphatic rings. The molecule has 1 atom stereocenters. The van der Waals surface area contributed by atoms with Crippen LogP contribution in [0.2, 0.25) is 0 Å². The van der Waals surface area contributed by atoms with Gasteiger partial charge in [0.1, 0.15) is 12.3 Å². The fourth-order valence-electron chi connectivity index (χ4n) is 2.86. The number of ether oxygens (including phenoxy) is 2. The van der Waals surface area contributed by atoms with Crippen LogP contribution in [0.25, 0.3) is 0 Å². The summed E-state index contributed by atoms with van der Waals surface area (Å²) in [6.45, 7) is -2.17. The first-order chi connectivity index (χ1) is 13.8. The molecule has 0 saturated carbocycles. The van der Waals surface area contributed by atoms with Crippen molar-refractivity contribution in [3.05, 3.63) is 59.7 Å². The highest BCUT2D eigenvalue weighted by Crippen LogP contribution is 2.28. The predicted molar refractivity (Wildman–Crippen MR) is 96.1 cm³/mol. The first-order valence-corrected chi connectivity index (χ1v) is 8.51. The molecule has 7 nitrogen and oxygen atoms in total. The number of hydrogen-bond acceptors (Lipinski definition) is 6. The van der Waals surface area contributed by atoms with Gasteiger partial charge in [-0.3, -0.25) is 24.1 Å². The highest BCUT2D eigenvalue weighted by molar-refractivity contribution is 6.52. The number of carbonyl (C=O) groups excluding carboxylic acids is 4. The molecular weight excluding hydrogens is 388 g/mol. The Labute approximate surface area is 163 Å². The molecule has 1 aliphatic heterocycles. The Kier molecular flexibility index (Phi) is 5.67. The van der Waals surface area contributed by atoms with Crippen molar-refractivity contribution in [3.8, 4) is 5.75 Å². The topological polar surface area (TPSA) is 90.0 Å². The number of hydrogen-bond donors (Lipinski definition) is 0. The van der Waals surface area contributed by atoms with Crippen LogP contribution in [0.15, 0.2) is 48.5 Å². The first-order valence-electron chi connectivity index (χ1n) is 8.51. The largest absolute Gasteiger partial charge is 0.453 e. The van der Waals surface area contributed by atoms with Crippen LogP contribution in [0.3, 0.4) is 0 Å². The molecular formula is C20H15F2NO6. The van der Waals surface area contributed by atoms with Gasteiger partial charge in [-0.1, -0.05) is 12.1 Å². The Morgan fingerprint density at radius 1 is 1.03 bits per heavy atom. The van der Waals surface area contributed by atoms with Gasteiger partial charge >= 0.3 is 12.6 Å². The highest BCUT2D eigenvalue weighted by Gasteiger charge is 2.37. The summed E-state index contributed by atoms with van der Waals surface area (Å²) in [5.74, 6) is -3.12. The summed E-state index contributed by atoms with van der Waals surface area (Å²) in [6, 6.07) is 11.2. The van der Waals surface area contributed by atoms with Crippen LogP contribution >= 0.6 is 0 Å². The van der Waals surface area contributed by atoms with Gasteiger partial charge in [-0.05, 0) is 43.3 Å². The maximum absolute atomic E-state index is 12.4. The number of ketones is 2. The van der Waals surface area contributed by atoms with E-state index in [9.17, 15) is 28.0 Å². The van der Waals surface area contributed by atoms with Crippen molar-refractivity contribution >= 4 is 29.1 Å². The molecule has 150 valence electrons. The molecule has 2 aromatic rings. The van der Waals surface area contributed by atoms with Crippen LogP contribution in [0.1, 0.15) is 27.6 Å². The monoisotopic (exact) mass is 403 g/mol. The molecule has 2 aromatic carbocycles. The number of halogens is 2. The molecule has 0 saturated heterocycles. The minimum Gasteiger partial charge on any atom is -0.453 e. The minimum absolute atomic E-state index is 0.114. The number of fused-ring (bicyclic) bond motifs is 1. The quantitative estimate of drug-likeness (QED) is 0.401. The van der Waals surface area contributed by atoms with E-state index in [1.807, 2.05) is 0 Å². The van der Waals surface area contributed by atoms with Gasteiger partial charge in [0, 0.05) is 5.56 Å². The van der Waals surface area contributed by atoms with Gasteiger partial charge in [0.05, 0.1) is 11.3 Å². The summed E-state index contributed by atoms with van der Waals surface area (Å²) in [5, 5.41) is 0. The van der Waals surface area contributed by atoms with Crippen molar-refractivity contribution in [2.24, 2.45) is 0 Å².